The zero-order valence-electron chi connectivity index (χ0n) is 11.2. The van der Waals surface area contributed by atoms with Gasteiger partial charge in [-0.3, -0.25) is 4.98 Å². The van der Waals surface area contributed by atoms with E-state index >= 15 is 0 Å². The summed E-state index contributed by atoms with van der Waals surface area (Å²) < 4.78 is 4.97. The van der Waals surface area contributed by atoms with Crippen LogP contribution in [0.15, 0.2) is 18.2 Å². The number of methoxy groups -OCH3 is 1. The highest BCUT2D eigenvalue weighted by molar-refractivity contribution is 7.14. The van der Waals surface area contributed by atoms with E-state index in [9.17, 15) is 0 Å². The van der Waals surface area contributed by atoms with Gasteiger partial charge in [0.2, 0.25) is 0 Å². The molecular weight excluding hydrogens is 260 g/mol. The molecular formula is C13H18N4OS. The van der Waals surface area contributed by atoms with Crippen molar-refractivity contribution in [1.29, 1.82) is 0 Å². The minimum absolute atomic E-state index is 0.731. The highest BCUT2D eigenvalue weighted by Gasteiger charge is 2.07. The molecule has 19 heavy (non-hydrogen) atoms. The molecule has 0 aliphatic carbocycles. The van der Waals surface area contributed by atoms with E-state index in [2.05, 4.69) is 20.5 Å². The summed E-state index contributed by atoms with van der Waals surface area (Å²) in [6.07, 6.45) is 0.882. The van der Waals surface area contributed by atoms with Crippen molar-refractivity contribution in [2.75, 3.05) is 26.8 Å². The van der Waals surface area contributed by atoms with Crippen LogP contribution < -0.4 is 5.32 Å². The van der Waals surface area contributed by atoms with Gasteiger partial charge in [-0.1, -0.05) is 17.4 Å². The minimum atomic E-state index is 0.731. The van der Waals surface area contributed by atoms with Crippen LogP contribution in [0, 0.1) is 6.92 Å². The number of ether oxygens (including phenoxy) is 1. The Morgan fingerprint density at radius 2 is 2.16 bits per heavy atom. The van der Waals surface area contributed by atoms with E-state index in [-0.39, 0.29) is 0 Å². The summed E-state index contributed by atoms with van der Waals surface area (Å²) in [4.78, 5) is 4.45. The predicted molar refractivity (Wildman–Crippen MR) is 76.3 cm³/mol. The van der Waals surface area contributed by atoms with Crippen LogP contribution in [-0.4, -0.2) is 42.0 Å². The van der Waals surface area contributed by atoms with Gasteiger partial charge in [-0.2, -0.15) is 0 Å². The Bertz CT molecular complexity index is 515. The molecule has 0 spiro atoms. The zero-order valence-corrected chi connectivity index (χ0v) is 12.0. The average molecular weight is 278 g/mol. The van der Waals surface area contributed by atoms with Crippen LogP contribution in [0.25, 0.3) is 10.7 Å². The minimum Gasteiger partial charge on any atom is -0.383 e. The van der Waals surface area contributed by atoms with Crippen molar-refractivity contribution in [1.82, 2.24) is 20.5 Å². The van der Waals surface area contributed by atoms with Gasteiger partial charge in [0.1, 0.15) is 10.7 Å². The van der Waals surface area contributed by atoms with Gasteiger partial charge in [0.05, 0.1) is 6.61 Å². The maximum absolute atomic E-state index is 4.97. The van der Waals surface area contributed by atoms with E-state index < -0.39 is 0 Å². The molecule has 0 saturated carbocycles. The number of aromatic nitrogens is 3. The fourth-order valence-corrected chi connectivity index (χ4v) is 2.42. The van der Waals surface area contributed by atoms with Crippen LogP contribution in [0.5, 0.6) is 0 Å². The second-order valence-electron chi connectivity index (χ2n) is 4.16. The average Bonchev–Trinajstić information content (AvgIpc) is 2.87. The van der Waals surface area contributed by atoms with Crippen LogP contribution in [-0.2, 0) is 11.2 Å². The van der Waals surface area contributed by atoms with Crippen LogP contribution in [0.3, 0.4) is 0 Å². The lowest BCUT2D eigenvalue weighted by molar-refractivity contribution is 0.199. The van der Waals surface area contributed by atoms with E-state index in [4.69, 9.17) is 4.74 Å². The first-order valence-corrected chi connectivity index (χ1v) is 7.07. The van der Waals surface area contributed by atoms with Crippen molar-refractivity contribution >= 4 is 11.3 Å². The molecule has 0 aromatic carbocycles. The summed E-state index contributed by atoms with van der Waals surface area (Å²) in [7, 11) is 1.70. The summed E-state index contributed by atoms with van der Waals surface area (Å²) in [5.41, 5.74) is 1.89. The normalized spacial score (nSPS) is 10.8. The van der Waals surface area contributed by atoms with Gasteiger partial charge >= 0.3 is 0 Å². The quantitative estimate of drug-likeness (QED) is 0.781. The van der Waals surface area contributed by atoms with Gasteiger partial charge in [-0.15, -0.1) is 10.2 Å². The van der Waals surface area contributed by atoms with Gasteiger partial charge in [0.25, 0.3) is 0 Å². The molecule has 6 heteroatoms. The first-order chi connectivity index (χ1) is 9.29. The molecule has 2 rings (SSSR count). The number of rotatable bonds is 7. The molecule has 0 saturated heterocycles. The SMILES string of the molecule is COCCNCCc1nnc(-c2cccc(C)n2)s1. The Morgan fingerprint density at radius 3 is 2.95 bits per heavy atom. The Morgan fingerprint density at radius 1 is 1.26 bits per heavy atom. The van der Waals surface area contributed by atoms with Crippen molar-refractivity contribution in [2.24, 2.45) is 0 Å². The molecule has 0 fully saturated rings. The van der Waals surface area contributed by atoms with E-state index in [0.29, 0.717) is 0 Å². The highest BCUT2D eigenvalue weighted by atomic mass is 32.1. The Labute approximate surface area is 117 Å². The number of aryl methyl sites for hydroxylation is 1. The van der Waals surface area contributed by atoms with Crippen LogP contribution in [0.4, 0.5) is 0 Å². The molecule has 0 unspecified atom stereocenters. The second-order valence-corrected chi connectivity index (χ2v) is 5.22. The molecule has 5 nitrogen and oxygen atoms in total. The fourth-order valence-electron chi connectivity index (χ4n) is 1.61. The molecule has 0 radical (unpaired) electrons. The van der Waals surface area contributed by atoms with Crippen molar-refractivity contribution in [3.8, 4) is 10.7 Å². The topological polar surface area (TPSA) is 59.9 Å². The third kappa shape index (κ3) is 4.34. The van der Waals surface area contributed by atoms with Crippen LogP contribution in [0.2, 0.25) is 0 Å². The molecule has 2 aromatic rings. The number of hydrogen-bond acceptors (Lipinski definition) is 6. The third-order valence-electron chi connectivity index (χ3n) is 2.57. The predicted octanol–water partition coefficient (Wildman–Crippen LogP) is 1.69. The Balaban J connectivity index is 1.88. The summed E-state index contributed by atoms with van der Waals surface area (Å²) in [5.74, 6) is 0. The monoisotopic (exact) mass is 278 g/mol. The van der Waals surface area contributed by atoms with Gasteiger partial charge in [0, 0.05) is 32.3 Å². The van der Waals surface area contributed by atoms with E-state index in [0.717, 1.165) is 47.5 Å². The molecule has 0 amide bonds. The standard InChI is InChI=1S/C13H18N4OS/c1-10-4-3-5-11(15-10)13-17-16-12(19-13)6-7-14-8-9-18-2/h3-5,14H,6-9H2,1-2H3. The lowest BCUT2D eigenvalue weighted by Crippen LogP contribution is -2.21. The molecule has 0 aliphatic heterocycles. The Kier molecular flexibility index (Phi) is 5.38. The van der Waals surface area contributed by atoms with Gasteiger partial charge in [-0.05, 0) is 19.1 Å². The molecule has 0 atom stereocenters. The van der Waals surface area contributed by atoms with Gasteiger partial charge < -0.3 is 10.1 Å². The smallest absolute Gasteiger partial charge is 0.166 e. The zero-order chi connectivity index (χ0) is 13.5. The lowest BCUT2D eigenvalue weighted by Gasteiger charge is -2.00. The van der Waals surface area contributed by atoms with Gasteiger partial charge in [-0.25, -0.2) is 0 Å². The van der Waals surface area contributed by atoms with Crippen LogP contribution in [0.1, 0.15) is 10.7 Å². The first-order valence-electron chi connectivity index (χ1n) is 6.25. The molecule has 2 aromatic heterocycles. The van der Waals surface area contributed by atoms with E-state index in [1.807, 2.05) is 25.1 Å². The maximum Gasteiger partial charge on any atom is 0.166 e. The largest absolute Gasteiger partial charge is 0.383 e. The summed E-state index contributed by atoms with van der Waals surface area (Å²) in [6.45, 7) is 4.46. The lowest BCUT2D eigenvalue weighted by atomic mass is 10.3. The second kappa shape index (κ2) is 7.28. The summed E-state index contributed by atoms with van der Waals surface area (Å²) in [5, 5.41) is 13.6. The molecule has 2 heterocycles. The number of nitrogens with one attached hydrogen (secondary N) is 1. The first kappa shape index (κ1) is 14.0. The van der Waals surface area contributed by atoms with Gasteiger partial charge in [0.15, 0.2) is 5.01 Å². The maximum atomic E-state index is 4.97. The van der Waals surface area contributed by atoms with Crippen molar-refractivity contribution in [3.63, 3.8) is 0 Å². The summed E-state index contributed by atoms with van der Waals surface area (Å²) >= 11 is 1.60. The number of hydrogen-bond donors (Lipinski definition) is 1. The van der Waals surface area contributed by atoms with Crippen molar-refractivity contribution < 1.29 is 4.74 Å². The fraction of sp³-hybridized carbons (Fsp3) is 0.462. The molecule has 1 N–H and O–H groups in total. The van der Waals surface area contributed by atoms with Crippen LogP contribution >= 0.6 is 11.3 Å². The van der Waals surface area contributed by atoms with E-state index in [1.54, 1.807) is 18.4 Å². The Hall–Kier alpha value is -1.37. The summed E-state index contributed by atoms with van der Waals surface area (Å²) in [6, 6.07) is 5.93. The molecule has 102 valence electrons. The molecule has 0 aliphatic rings. The van der Waals surface area contributed by atoms with Crippen molar-refractivity contribution in [2.45, 2.75) is 13.3 Å². The number of pyridine rings is 1. The van der Waals surface area contributed by atoms with Crippen molar-refractivity contribution in [3.05, 3.63) is 28.9 Å². The third-order valence-corrected chi connectivity index (χ3v) is 3.58. The molecule has 0 bridgehead atoms. The van der Waals surface area contributed by atoms with E-state index in [1.165, 1.54) is 0 Å². The number of nitrogens with zero attached hydrogens (tertiary/aromatic N) is 3. The highest BCUT2D eigenvalue weighted by Crippen LogP contribution is 2.21.